The van der Waals surface area contributed by atoms with Crippen LogP contribution in [0, 0.1) is 0 Å². The molecular weight excluding hydrogens is 264 g/mol. The van der Waals surface area contributed by atoms with Gasteiger partial charge in [0, 0.05) is 13.0 Å². The number of nitrogens with one attached hydrogen (secondary N) is 1. The first-order valence-corrected chi connectivity index (χ1v) is 6.95. The van der Waals surface area contributed by atoms with Gasteiger partial charge >= 0.3 is 0 Å². The fraction of sp³-hybridized carbons (Fsp3) is 0.235. The van der Waals surface area contributed by atoms with Crippen molar-refractivity contribution in [3.63, 3.8) is 0 Å². The minimum Gasteiger partial charge on any atom is -0.368 e. The fourth-order valence-electron chi connectivity index (χ4n) is 2.02. The Morgan fingerprint density at radius 1 is 1.00 bits per heavy atom. The molecular formula is C17H20N2O2. The van der Waals surface area contributed by atoms with Crippen molar-refractivity contribution >= 4 is 5.91 Å². The van der Waals surface area contributed by atoms with E-state index < -0.39 is 11.6 Å². The Labute approximate surface area is 124 Å². The van der Waals surface area contributed by atoms with Gasteiger partial charge in [0.2, 0.25) is 0 Å². The number of aryl methyl sites for hydroxylation is 1. The lowest BCUT2D eigenvalue weighted by Crippen LogP contribution is -2.54. The standard InChI is InChI=1S/C17H20N2O2/c18-17(21,12-11-14-7-3-1-4-8-14)16(20)19-13-15-9-5-2-6-10-15/h1-10,21H,11-13,18H2,(H,19,20). The Bertz CT molecular complexity index is 568. The molecule has 2 rings (SSSR count). The number of amides is 1. The van der Waals surface area contributed by atoms with E-state index >= 15 is 0 Å². The average Bonchev–Trinajstić information content (AvgIpc) is 2.52. The molecule has 4 heteroatoms. The third-order valence-electron chi connectivity index (χ3n) is 3.33. The third kappa shape index (κ3) is 4.70. The number of carbonyl (C=O) groups excluding carboxylic acids is 1. The summed E-state index contributed by atoms with van der Waals surface area (Å²) in [6.45, 7) is 0.352. The molecule has 0 saturated heterocycles. The van der Waals surface area contributed by atoms with Gasteiger partial charge in [-0.15, -0.1) is 0 Å². The van der Waals surface area contributed by atoms with Crippen LogP contribution in [-0.4, -0.2) is 16.7 Å². The maximum atomic E-state index is 12.0. The van der Waals surface area contributed by atoms with Gasteiger partial charge in [-0.3, -0.25) is 10.5 Å². The Balaban J connectivity index is 1.85. The minimum absolute atomic E-state index is 0.178. The largest absolute Gasteiger partial charge is 0.368 e. The van der Waals surface area contributed by atoms with E-state index in [0.717, 1.165) is 11.1 Å². The lowest BCUT2D eigenvalue weighted by molar-refractivity contribution is -0.140. The molecule has 0 aromatic heterocycles. The highest BCUT2D eigenvalue weighted by molar-refractivity contribution is 5.84. The van der Waals surface area contributed by atoms with Gasteiger partial charge in [0.25, 0.3) is 5.91 Å². The molecule has 0 spiro atoms. The van der Waals surface area contributed by atoms with Gasteiger partial charge in [0.05, 0.1) is 0 Å². The maximum absolute atomic E-state index is 12.0. The maximum Gasteiger partial charge on any atom is 0.267 e. The minimum atomic E-state index is -1.86. The Kier molecular flexibility index (Phi) is 5.09. The molecule has 1 amide bonds. The van der Waals surface area contributed by atoms with Crippen molar-refractivity contribution in [1.82, 2.24) is 5.32 Å². The van der Waals surface area contributed by atoms with Gasteiger partial charge in [-0.1, -0.05) is 60.7 Å². The highest BCUT2D eigenvalue weighted by Gasteiger charge is 2.30. The molecule has 0 radical (unpaired) electrons. The molecule has 0 bridgehead atoms. The van der Waals surface area contributed by atoms with Crippen LogP contribution in [0.3, 0.4) is 0 Å². The Morgan fingerprint density at radius 2 is 1.52 bits per heavy atom. The van der Waals surface area contributed by atoms with Crippen LogP contribution in [0.2, 0.25) is 0 Å². The van der Waals surface area contributed by atoms with E-state index in [2.05, 4.69) is 5.32 Å². The van der Waals surface area contributed by atoms with Crippen LogP contribution in [0.1, 0.15) is 17.5 Å². The van der Waals surface area contributed by atoms with E-state index in [1.165, 1.54) is 0 Å². The second-order valence-corrected chi connectivity index (χ2v) is 5.08. The van der Waals surface area contributed by atoms with Gasteiger partial charge in [0.1, 0.15) is 0 Å². The molecule has 0 aliphatic rings. The number of benzene rings is 2. The summed E-state index contributed by atoms with van der Waals surface area (Å²) in [7, 11) is 0. The summed E-state index contributed by atoms with van der Waals surface area (Å²) in [5.41, 5.74) is 5.86. The smallest absolute Gasteiger partial charge is 0.267 e. The predicted molar refractivity (Wildman–Crippen MR) is 82.2 cm³/mol. The normalized spacial score (nSPS) is 13.4. The lowest BCUT2D eigenvalue weighted by Gasteiger charge is -2.22. The summed E-state index contributed by atoms with van der Waals surface area (Å²) < 4.78 is 0. The second-order valence-electron chi connectivity index (χ2n) is 5.08. The number of carbonyl (C=O) groups is 1. The Hall–Kier alpha value is -2.17. The monoisotopic (exact) mass is 284 g/mol. The van der Waals surface area contributed by atoms with Crippen molar-refractivity contribution in [3.05, 3.63) is 71.8 Å². The summed E-state index contributed by atoms with van der Waals surface area (Å²) in [5, 5.41) is 12.7. The van der Waals surface area contributed by atoms with E-state index in [1.54, 1.807) is 0 Å². The summed E-state index contributed by atoms with van der Waals surface area (Å²) in [6.07, 6.45) is 0.726. The van der Waals surface area contributed by atoms with Crippen LogP contribution in [0.15, 0.2) is 60.7 Å². The van der Waals surface area contributed by atoms with Gasteiger partial charge in [-0.2, -0.15) is 0 Å². The zero-order valence-corrected chi connectivity index (χ0v) is 11.8. The van der Waals surface area contributed by atoms with Crippen LogP contribution in [0.4, 0.5) is 0 Å². The molecule has 0 heterocycles. The zero-order valence-electron chi connectivity index (χ0n) is 11.8. The predicted octanol–water partition coefficient (Wildman–Crippen LogP) is 1.58. The molecule has 0 saturated carbocycles. The van der Waals surface area contributed by atoms with Crippen molar-refractivity contribution < 1.29 is 9.90 Å². The molecule has 4 nitrogen and oxygen atoms in total. The number of aliphatic hydroxyl groups is 1. The third-order valence-corrected chi connectivity index (χ3v) is 3.33. The van der Waals surface area contributed by atoms with E-state index in [9.17, 15) is 9.90 Å². The van der Waals surface area contributed by atoms with E-state index in [0.29, 0.717) is 13.0 Å². The number of nitrogens with two attached hydrogens (primary N) is 1. The van der Waals surface area contributed by atoms with Crippen LogP contribution in [-0.2, 0) is 17.8 Å². The summed E-state index contributed by atoms with van der Waals surface area (Å²) >= 11 is 0. The second kappa shape index (κ2) is 7.02. The number of rotatable bonds is 6. The van der Waals surface area contributed by atoms with Crippen LogP contribution in [0.25, 0.3) is 0 Å². The van der Waals surface area contributed by atoms with Crippen molar-refractivity contribution in [3.8, 4) is 0 Å². The Morgan fingerprint density at radius 3 is 2.10 bits per heavy atom. The first-order chi connectivity index (χ1) is 10.1. The number of hydrogen-bond acceptors (Lipinski definition) is 3. The first kappa shape index (κ1) is 15.2. The highest BCUT2D eigenvalue weighted by atomic mass is 16.3. The van der Waals surface area contributed by atoms with Gasteiger partial charge in [0.15, 0.2) is 5.72 Å². The molecule has 0 aliphatic carbocycles. The van der Waals surface area contributed by atoms with Crippen molar-refractivity contribution in [1.29, 1.82) is 0 Å². The van der Waals surface area contributed by atoms with Crippen LogP contribution < -0.4 is 11.1 Å². The van der Waals surface area contributed by atoms with E-state index in [-0.39, 0.29) is 6.42 Å². The molecule has 2 aromatic rings. The summed E-state index contributed by atoms with van der Waals surface area (Å²) in [4.78, 5) is 12.0. The number of hydrogen-bond donors (Lipinski definition) is 3. The molecule has 1 atom stereocenters. The van der Waals surface area contributed by atoms with Gasteiger partial charge in [-0.05, 0) is 17.5 Å². The fourth-order valence-corrected chi connectivity index (χ4v) is 2.02. The highest BCUT2D eigenvalue weighted by Crippen LogP contribution is 2.10. The van der Waals surface area contributed by atoms with E-state index in [4.69, 9.17) is 5.73 Å². The van der Waals surface area contributed by atoms with Crippen LogP contribution >= 0.6 is 0 Å². The molecule has 21 heavy (non-hydrogen) atoms. The topological polar surface area (TPSA) is 75.3 Å². The van der Waals surface area contributed by atoms with Gasteiger partial charge < -0.3 is 10.4 Å². The van der Waals surface area contributed by atoms with Crippen LogP contribution in [0.5, 0.6) is 0 Å². The molecule has 110 valence electrons. The zero-order chi connectivity index (χ0) is 15.1. The molecule has 4 N–H and O–H groups in total. The SMILES string of the molecule is NC(O)(CCc1ccccc1)C(=O)NCc1ccccc1. The van der Waals surface area contributed by atoms with Crippen molar-refractivity contribution in [2.45, 2.75) is 25.1 Å². The van der Waals surface area contributed by atoms with Crippen molar-refractivity contribution in [2.75, 3.05) is 0 Å². The summed E-state index contributed by atoms with van der Waals surface area (Å²) in [5.74, 6) is -0.553. The molecule has 0 aliphatic heterocycles. The molecule has 1 unspecified atom stereocenters. The first-order valence-electron chi connectivity index (χ1n) is 6.95. The average molecular weight is 284 g/mol. The van der Waals surface area contributed by atoms with Crippen molar-refractivity contribution in [2.24, 2.45) is 5.73 Å². The molecule has 2 aromatic carbocycles. The quantitative estimate of drug-likeness (QED) is 0.705. The van der Waals surface area contributed by atoms with Gasteiger partial charge in [-0.25, -0.2) is 0 Å². The van der Waals surface area contributed by atoms with E-state index in [1.807, 2.05) is 60.7 Å². The lowest BCUT2D eigenvalue weighted by atomic mass is 10.0. The summed E-state index contributed by atoms with van der Waals surface area (Å²) in [6, 6.07) is 19.1. The molecule has 0 fully saturated rings.